The van der Waals surface area contributed by atoms with E-state index in [1.165, 1.54) is 0 Å². The highest BCUT2D eigenvalue weighted by Crippen LogP contribution is 2.05. The molecule has 0 spiro atoms. The summed E-state index contributed by atoms with van der Waals surface area (Å²) >= 11 is 0. The monoisotopic (exact) mass is 117 g/mol. The van der Waals surface area contributed by atoms with E-state index in [2.05, 4.69) is 11.7 Å². The zero-order valence-corrected chi connectivity index (χ0v) is 5.42. The van der Waals surface area contributed by atoms with Crippen LogP contribution in [0.1, 0.15) is 13.8 Å². The molecule has 0 radical (unpaired) electrons. The van der Waals surface area contributed by atoms with Gasteiger partial charge in [-0.25, -0.2) is 0 Å². The number of ether oxygens (including phenoxy) is 2. The fraction of sp³-hybridized carbons (Fsp3) is 1.00. The van der Waals surface area contributed by atoms with Gasteiger partial charge in [0.25, 0.3) is 6.29 Å². The Hall–Kier alpha value is -0.0800. The number of hydrogen-bond donors (Lipinski definition) is 0. The van der Waals surface area contributed by atoms with Crippen LogP contribution in [0, 0.1) is 5.92 Å². The van der Waals surface area contributed by atoms with Gasteiger partial charge in [-0.1, -0.05) is 6.92 Å². The summed E-state index contributed by atoms with van der Waals surface area (Å²) in [6.45, 7) is 5.98. The Balaban J connectivity index is 2.19. The molecule has 0 saturated carbocycles. The van der Waals surface area contributed by atoms with Crippen molar-refractivity contribution in [3.8, 4) is 0 Å². The summed E-state index contributed by atoms with van der Waals surface area (Å²) in [4.78, 5) is 0. The molecule has 0 aromatic rings. The van der Waals surface area contributed by atoms with Gasteiger partial charge in [0.2, 0.25) is 0 Å². The molecule has 1 saturated heterocycles. The van der Waals surface area contributed by atoms with Crippen molar-refractivity contribution in [3.63, 3.8) is 0 Å². The van der Waals surface area contributed by atoms with E-state index in [0.717, 1.165) is 13.2 Å². The Labute approximate surface area is 49.8 Å². The maximum atomic E-state index is 5.22. The first-order valence-electron chi connectivity index (χ1n) is 3.07. The summed E-state index contributed by atoms with van der Waals surface area (Å²) < 4.78 is 9.41. The SMILES string of the molecule is CC1COC(C)[OH+]C1. The molecule has 0 aliphatic carbocycles. The zero-order chi connectivity index (χ0) is 5.98. The van der Waals surface area contributed by atoms with Crippen LogP contribution in [0.15, 0.2) is 0 Å². The Morgan fingerprint density at radius 3 is 2.62 bits per heavy atom. The minimum absolute atomic E-state index is 0.145. The van der Waals surface area contributed by atoms with E-state index in [0.29, 0.717) is 5.92 Å². The van der Waals surface area contributed by atoms with Crippen LogP contribution < -0.4 is 0 Å². The van der Waals surface area contributed by atoms with E-state index >= 15 is 0 Å². The lowest BCUT2D eigenvalue weighted by Gasteiger charge is -2.20. The van der Waals surface area contributed by atoms with Gasteiger partial charge in [0.1, 0.15) is 0 Å². The van der Waals surface area contributed by atoms with Gasteiger partial charge >= 0.3 is 0 Å². The molecule has 2 nitrogen and oxygen atoms in total. The molecule has 1 fully saturated rings. The Bertz CT molecular complexity index is 54.9. The molecular formula is C6H13O2+. The van der Waals surface area contributed by atoms with Crippen LogP contribution in [-0.2, 0) is 4.74 Å². The average molecular weight is 117 g/mol. The largest absolute Gasteiger partial charge is 0.410 e. The molecule has 1 aliphatic rings. The summed E-state index contributed by atoms with van der Waals surface area (Å²) in [5, 5.41) is 0. The highest BCUT2D eigenvalue weighted by Gasteiger charge is 2.18. The first-order chi connectivity index (χ1) is 3.79. The van der Waals surface area contributed by atoms with E-state index in [1.54, 1.807) is 0 Å². The number of rotatable bonds is 0. The van der Waals surface area contributed by atoms with Crippen molar-refractivity contribution in [1.29, 1.82) is 0 Å². The van der Waals surface area contributed by atoms with Crippen LogP contribution in [0.2, 0.25) is 0 Å². The highest BCUT2D eigenvalue weighted by molar-refractivity contribution is 4.52. The number of aliphatic hydroxyl groups is 2. The maximum Gasteiger partial charge on any atom is 0.261 e. The second-order valence-electron chi connectivity index (χ2n) is 2.40. The topological polar surface area (TPSA) is 22.0 Å². The molecule has 1 N–H and O–H groups in total. The third-order valence-electron chi connectivity index (χ3n) is 1.30. The molecule has 1 aliphatic heterocycles. The Morgan fingerprint density at radius 2 is 2.25 bits per heavy atom. The van der Waals surface area contributed by atoms with Crippen molar-refractivity contribution < 1.29 is 9.47 Å². The second kappa shape index (κ2) is 2.46. The van der Waals surface area contributed by atoms with E-state index in [9.17, 15) is 0 Å². The van der Waals surface area contributed by atoms with Gasteiger partial charge in [0.15, 0.2) is 6.61 Å². The van der Waals surface area contributed by atoms with E-state index in [4.69, 9.17) is 4.74 Å². The zero-order valence-electron chi connectivity index (χ0n) is 5.42. The average Bonchev–Trinajstić information content (AvgIpc) is 1.77. The predicted octanol–water partition coefficient (Wildman–Crippen LogP) is 0.527. The quantitative estimate of drug-likeness (QED) is 0.424. The van der Waals surface area contributed by atoms with Gasteiger partial charge in [-0.05, 0) is 0 Å². The van der Waals surface area contributed by atoms with Crippen molar-refractivity contribution in [2.45, 2.75) is 20.1 Å². The van der Waals surface area contributed by atoms with Gasteiger partial charge in [-0.2, -0.15) is 0 Å². The molecule has 2 heteroatoms. The number of hydrogen-bond acceptors (Lipinski definition) is 1. The molecule has 2 atom stereocenters. The molecule has 8 heavy (non-hydrogen) atoms. The fourth-order valence-electron chi connectivity index (χ4n) is 0.737. The molecule has 2 unspecified atom stereocenters. The predicted molar refractivity (Wildman–Crippen MR) is 31.7 cm³/mol. The lowest BCUT2D eigenvalue weighted by atomic mass is 10.2. The fourth-order valence-corrected chi connectivity index (χ4v) is 0.737. The minimum atomic E-state index is 0.145. The molecular weight excluding hydrogens is 104 g/mol. The van der Waals surface area contributed by atoms with Crippen LogP contribution in [-0.4, -0.2) is 24.2 Å². The first-order valence-corrected chi connectivity index (χ1v) is 3.07. The van der Waals surface area contributed by atoms with Crippen molar-refractivity contribution in [2.75, 3.05) is 13.2 Å². The van der Waals surface area contributed by atoms with Crippen molar-refractivity contribution in [3.05, 3.63) is 0 Å². The van der Waals surface area contributed by atoms with Crippen molar-refractivity contribution >= 4 is 0 Å². The minimum Gasteiger partial charge on any atom is -0.410 e. The maximum absolute atomic E-state index is 5.22. The van der Waals surface area contributed by atoms with Gasteiger partial charge < -0.3 is 9.47 Å². The molecule has 1 rings (SSSR count). The normalized spacial score (nSPS) is 39.8. The lowest BCUT2D eigenvalue weighted by Crippen LogP contribution is -2.31. The summed E-state index contributed by atoms with van der Waals surface area (Å²) in [6, 6.07) is 0. The highest BCUT2D eigenvalue weighted by atomic mass is 16.7. The summed E-state index contributed by atoms with van der Waals surface area (Å²) in [5.74, 6) is 0.631. The smallest absolute Gasteiger partial charge is 0.261 e. The van der Waals surface area contributed by atoms with E-state index in [1.807, 2.05) is 6.92 Å². The third kappa shape index (κ3) is 1.46. The third-order valence-corrected chi connectivity index (χ3v) is 1.30. The van der Waals surface area contributed by atoms with Crippen LogP contribution in [0.3, 0.4) is 0 Å². The van der Waals surface area contributed by atoms with E-state index < -0.39 is 0 Å². The molecule has 48 valence electrons. The lowest BCUT2D eigenvalue weighted by molar-refractivity contribution is -0.277. The van der Waals surface area contributed by atoms with Crippen molar-refractivity contribution in [1.82, 2.24) is 0 Å². The molecule has 1 heterocycles. The van der Waals surface area contributed by atoms with Crippen molar-refractivity contribution in [2.24, 2.45) is 5.92 Å². The van der Waals surface area contributed by atoms with Crippen LogP contribution >= 0.6 is 0 Å². The van der Waals surface area contributed by atoms with Crippen LogP contribution in [0.4, 0.5) is 0 Å². The standard InChI is InChI=1S/C6H12O2/c1-5-3-7-6(2)8-4-5/h5-6H,3-4H2,1-2H3/p+1. The second-order valence-corrected chi connectivity index (χ2v) is 2.40. The molecule has 0 aromatic heterocycles. The summed E-state index contributed by atoms with van der Waals surface area (Å²) in [6.07, 6.45) is 0.145. The van der Waals surface area contributed by atoms with E-state index in [-0.39, 0.29) is 6.29 Å². The Kier molecular flexibility index (Phi) is 1.86. The van der Waals surface area contributed by atoms with Gasteiger partial charge in [0.05, 0.1) is 6.61 Å². The van der Waals surface area contributed by atoms with Gasteiger partial charge in [-0.3, -0.25) is 0 Å². The van der Waals surface area contributed by atoms with Crippen LogP contribution in [0.5, 0.6) is 0 Å². The van der Waals surface area contributed by atoms with Gasteiger partial charge in [-0.15, -0.1) is 0 Å². The summed E-state index contributed by atoms with van der Waals surface area (Å²) in [5.41, 5.74) is 0. The molecule has 0 bridgehead atoms. The first kappa shape index (κ1) is 6.05. The Morgan fingerprint density at radius 1 is 1.50 bits per heavy atom. The summed E-state index contributed by atoms with van der Waals surface area (Å²) in [7, 11) is 0. The molecule has 0 amide bonds. The van der Waals surface area contributed by atoms with Crippen LogP contribution in [0.25, 0.3) is 0 Å². The van der Waals surface area contributed by atoms with Gasteiger partial charge in [0, 0.05) is 12.8 Å². The molecule has 0 aromatic carbocycles.